The third-order valence-electron chi connectivity index (χ3n) is 1.36. The Labute approximate surface area is 73.6 Å². The van der Waals surface area contributed by atoms with Gasteiger partial charge in [-0.05, 0) is 12.8 Å². The third-order valence-corrected chi connectivity index (χ3v) is 1.36. The molecule has 0 unspecified atom stereocenters. The zero-order valence-electron chi connectivity index (χ0n) is 7.49. The van der Waals surface area contributed by atoms with E-state index in [0.29, 0.717) is 6.42 Å². The fourth-order valence-corrected chi connectivity index (χ4v) is 0.723. The summed E-state index contributed by atoms with van der Waals surface area (Å²) >= 11 is 0. The number of unbranched alkanes of at least 4 members (excludes halogenated alkanes) is 1. The molecular formula is C10H16O2. The van der Waals surface area contributed by atoms with Gasteiger partial charge in [0.25, 0.3) is 0 Å². The first-order valence-electron chi connectivity index (χ1n) is 4.30. The largest absolute Gasteiger partial charge is 0.481 e. The molecule has 0 spiro atoms. The Morgan fingerprint density at radius 1 is 1.25 bits per heavy atom. The highest BCUT2D eigenvalue weighted by molar-refractivity contribution is 5.66. The lowest BCUT2D eigenvalue weighted by atomic mass is 10.2. The number of carboxylic acid groups (broad SMARTS) is 1. The maximum atomic E-state index is 10.1. The number of carbonyl (C=O) groups is 1. The second-order valence-electron chi connectivity index (χ2n) is 2.58. The van der Waals surface area contributed by atoms with Crippen LogP contribution in [0.3, 0.4) is 0 Å². The van der Waals surface area contributed by atoms with Crippen LogP contribution in [0.2, 0.25) is 0 Å². The average Bonchev–Trinajstić information content (AvgIpc) is 2.02. The molecule has 0 fully saturated rings. The lowest BCUT2D eigenvalue weighted by molar-refractivity contribution is -0.136. The molecule has 0 radical (unpaired) electrons. The number of carboxylic acids is 1. The molecule has 2 nitrogen and oxygen atoms in total. The summed E-state index contributed by atoms with van der Waals surface area (Å²) in [5.41, 5.74) is 0. The van der Waals surface area contributed by atoms with Crippen molar-refractivity contribution in [2.24, 2.45) is 0 Å². The van der Waals surface area contributed by atoms with Crippen molar-refractivity contribution in [2.45, 2.75) is 32.6 Å². The predicted octanol–water partition coefficient (Wildman–Crippen LogP) is 2.76. The van der Waals surface area contributed by atoms with Gasteiger partial charge in [0.2, 0.25) is 0 Å². The zero-order chi connectivity index (χ0) is 9.23. The predicted molar refractivity (Wildman–Crippen MR) is 50.1 cm³/mol. The zero-order valence-corrected chi connectivity index (χ0v) is 7.49. The second-order valence-corrected chi connectivity index (χ2v) is 2.58. The summed E-state index contributed by atoms with van der Waals surface area (Å²) in [6.45, 7) is 2.12. The van der Waals surface area contributed by atoms with Crippen LogP contribution >= 0.6 is 0 Å². The summed E-state index contributed by atoms with van der Waals surface area (Å²) in [4.78, 5) is 10.1. The smallest absolute Gasteiger partial charge is 0.303 e. The van der Waals surface area contributed by atoms with E-state index in [9.17, 15) is 4.79 Å². The summed E-state index contributed by atoms with van der Waals surface area (Å²) < 4.78 is 0. The van der Waals surface area contributed by atoms with Crippen LogP contribution in [0.1, 0.15) is 32.6 Å². The first-order chi connectivity index (χ1) is 5.77. The summed E-state index contributed by atoms with van der Waals surface area (Å²) in [5, 5.41) is 8.30. The number of rotatable bonds is 6. The van der Waals surface area contributed by atoms with E-state index in [0.717, 1.165) is 12.8 Å². The molecule has 1 N–H and O–H groups in total. The van der Waals surface area contributed by atoms with Crippen LogP contribution in [0, 0.1) is 0 Å². The molecule has 0 aliphatic heterocycles. The van der Waals surface area contributed by atoms with Gasteiger partial charge in [-0.2, -0.15) is 0 Å². The molecular weight excluding hydrogens is 152 g/mol. The van der Waals surface area contributed by atoms with Gasteiger partial charge >= 0.3 is 5.97 Å². The van der Waals surface area contributed by atoms with Crippen molar-refractivity contribution in [1.29, 1.82) is 0 Å². The van der Waals surface area contributed by atoms with E-state index >= 15 is 0 Å². The minimum absolute atomic E-state index is 0.220. The molecule has 2 heteroatoms. The molecule has 0 bridgehead atoms. The van der Waals surface area contributed by atoms with Gasteiger partial charge in [0.1, 0.15) is 0 Å². The molecule has 0 saturated carbocycles. The first-order valence-corrected chi connectivity index (χ1v) is 4.30. The van der Waals surface area contributed by atoms with Crippen molar-refractivity contribution in [3.8, 4) is 0 Å². The fraction of sp³-hybridized carbons (Fsp3) is 0.500. The molecule has 0 aliphatic carbocycles. The van der Waals surface area contributed by atoms with E-state index < -0.39 is 5.97 Å². The minimum atomic E-state index is -0.739. The molecule has 0 atom stereocenters. The van der Waals surface area contributed by atoms with Gasteiger partial charge in [-0.15, -0.1) is 0 Å². The van der Waals surface area contributed by atoms with Gasteiger partial charge in [0, 0.05) is 6.42 Å². The third kappa shape index (κ3) is 8.95. The normalized spacial score (nSPS) is 11.4. The average molecular weight is 168 g/mol. The Morgan fingerprint density at radius 2 is 1.83 bits per heavy atom. The maximum absolute atomic E-state index is 10.1. The molecule has 0 aromatic heterocycles. The molecule has 12 heavy (non-hydrogen) atoms. The van der Waals surface area contributed by atoms with Crippen LogP contribution in [-0.4, -0.2) is 11.1 Å². The van der Waals surface area contributed by atoms with Crippen molar-refractivity contribution in [3.63, 3.8) is 0 Å². The lowest BCUT2D eigenvalue weighted by Gasteiger charge is -1.85. The fourth-order valence-electron chi connectivity index (χ4n) is 0.723. The van der Waals surface area contributed by atoms with Crippen molar-refractivity contribution in [3.05, 3.63) is 24.3 Å². The Balaban J connectivity index is 3.30. The summed E-state index contributed by atoms with van der Waals surface area (Å²) in [5.74, 6) is -0.739. The highest BCUT2D eigenvalue weighted by atomic mass is 16.4. The summed E-state index contributed by atoms with van der Waals surface area (Å²) in [6.07, 6.45) is 10.9. The van der Waals surface area contributed by atoms with Crippen LogP contribution in [0.25, 0.3) is 0 Å². The maximum Gasteiger partial charge on any atom is 0.303 e. The molecule has 0 saturated heterocycles. The monoisotopic (exact) mass is 168 g/mol. The Bertz CT molecular complexity index is 169. The molecule has 0 aromatic carbocycles. The Morgan fingerprint density at radius 3 is 2.33 bits per heavy atom. The van der Waals surface area contributed by atoms with Crippen LogP contribution in [0.15, 0.2) is 24.3 Å². The van der Waals surface area contributed by atoms with E-state index in [1.165, 1.54) is 0 Å². The van der Waals surface area contributed by atoms with Gasteiger partial charge in [0.15, 0.2) is 0 Å². The van der Waals surface area contributed by atoms with Crippen molar-refractivity contribution >= 4 is 5.97 Å². The second kappa shape index (κ2) is 8.05. The van der Waals surface area contributed by atoms with E-state index in [2.05, 4.69) is 13.0 Å². The molecule has 0 heterocycles. The number of hydrogen-bond donors (Lipinski definition) is 1. The Kier molecular flexibility index (Phi) is 7.35. The standard InChI is InChI=1S/C10H16O2/c1-2-3-4-5-6-7-8-9-10(11)12/h4-7H,2-3,8-9H2,1H3,(H,11,12)/b5-4+,7-6+. The highest BCUT2D eigenvalue weighted by Gasteiger charge is 1.90. The van der Waals surface area contributed by atoms with E-state index in [1.807, 2.05) is 18.2 Å². The molecule has 0 aliphatic rings. The van der Waals surface area contributed by atoms with Gasteiger partial charge in [-0.3, -0.25) is 4.79 Å². The lowest BCUT2D eigenvalue weighted by Crippen LogP contribution is -1.91. The molecule has 0 rings (SSSR count). The Hall–Kier alpha value is -1.05. The first kappa shape index (κ1) is 11.0. The molecule has 0 amide bonds. The molecule has 0 aromatic rings. The van der Waals surface area contributed by atoms with Gasteiger partial charge in [-0.1, -0.05) is 37.6 Å². The van der Waals surface area contributed by atoms with E-state index in [-0.39, 0.29) is 6.42 Å². The quantitative estimate of drug-likeness (QED) is 0.619. The summed E-state index contributed by atoms with van der Waals surface area (Å²) in [7, 11) is 0. The van der Waals surface area contributed by atoms with Crippen LogP contribution in [-0.2, 0) is 4.79 Å². The number of aliphatic carboxylic acids is 1. The SMILES string of the molecule is CCC/C=C/C=C/CCC(=O)O. The topological polar surface area (TPSA) is 37.3 Å². The highest BCUT2D eigenvalue weighted by Crippen LogP contribution is 1.93. The summed E-state index contributed by atoms with van der Waals surface area (Å²) in [6, 6.07) is 0. The number of hydrogen-bond acceptors (Lipinski definition) is 1. The van der Waals surface area contributed by atoms with Crippen molar-refractivity contribution in [2.75, 3.05) is 0 Å². The minimum Gasteiger partial charge on any atom is -0.481 e. The number of allylic oxidation sites excluding steroid dienone is 4. The van der Waals surface area contributed by atoms with Crippen LogP contribution in [0.4, 0.5) is 0 Å². The van der Waals surface area contributed by atoms with Crippen LogP contribution in [0.5, 0.6) is 0 Å². The van der Waals surface area contributed by atoms with E-state index in [1.54, 1.807) is 0 Å². The van der Waals surface area contributed by atoms with Crippen LogP contribution < -0.4 is 0 Å². The van der Waals surface area contributed by atoms with E-state index in [4.69, 9.17) is 5.11 Å². The van der Waals surface area contributed by atoms with Crippen molar-refractivity contribution < 1.29 is 9.90 Å². The van der Waals surface area contributed by atoms with Crippen molar-refractivity contribution in [1.82, 2.24) is 0 Å². The molecule has 68 valence electrons. The van der Waals surface area contributed by atoms with Gasteiger partial charge < -0.3 is 5.11 Å². The van der Waals surface area contributed by atoms with Gasteiger partial charge in [-0.25, -0.2) is 0 Å². The van der Waals surface area contributed by atoms with Gasteiger partial charge in [0.05, 0.1) is 0 Å².